The van der Waals surface area contributed by atoms with Gasteiger partial charge in [0.25, 0.3) is 0 Å². The largest absolute Gasteiger partial charge is 0.493 e. The van der Waals surface area contributed by atoms with Gasteiger partial charge in [0.05, 0.1) is 6.61 Å². The second-order valence-electron chi connectivity index (χ2n) is 4.76. The van der Waals surface area contributed by atoms with E-state index >= 15 is 0 Å². The fourth-order valence-corrected chi connectivity index (χ4v) is 2.28. The van der Waals surface area contributed by atoms with Crippen molar-refractivity contribution in [3.8, 4) is 5.75 Å². The lowest BCUT2D eigenvalue weighted by molar-refractivity contribution is 0.253. The van der Waals surface area contributed by atoms with Crippen molar-refractivity contribution in [3.05, 3.63) is 29.6 Å². The van der Waals surface area contributed by atoms with Crippen LogP contribution >= 0.6 is 0 Å². The molecule has 3 heteroatoms. The molecule has 2 rings (SSSR count). The van der Waals surface area contributed by atoms with Crippen LogP contribution in [0.2, 0.25) is 0 Å². The molecule has 1 saturated heterocycles. The van der Waals surface area contributed by atoms with Gasteiger partial charge in [-0.15, -0.1) is 0 Å². The van der Waals surface area contributed by atoms with E-state index in [1.54, 1.807) is 6.07 Å². The molecular weight excluding hydrogens is 217 g/mol. The highest BCUT2D eigenvalue weighted by Gasteiger charge is 2.12. The number of nitrogens with one attached hydrogen (secondary N) is 1. The van der Waals surface area contributed by atoms with Crippen LogP contribution < -0.4 is 10.1 Å². The number of hydrogen-bond acceptors (Lipinski definition) is 2. The topological polar surface area (TPSA) is 21.3 Å². The molecular formula is C14H20FNO. The van der Waals surface area contributed by atoms with Gasteiger partial charge in [-0.1, -0.05) is 0 Å². The Kier molecular flexibility index (Phi) is 4.37. The summed E-state index contributed by atoms with van der Waals surface area (Å²) < 4.78 is 18.6. The summed E-state index contributed by atoms with van der Waals surface area (Å²) in [5.41, 5.74) is 0.867. The number of piperidine rings is 1. The monoisotopic (exact) mass is 237 g/mol. The first-order valence-electron chi connectivity index (χ1n) is 6.35. The third kappa shape index (κ3) is 3.70. The third-order valence-electron chi connectivity index (χ3n) is 3.32. The second kappa shape index (κ2) is 6.01. The molecule has 0 aromatic heterocycles. The third-order valence-corrected chi connectivity index (χ3v) is 3.32. The lowest BCUT2D eigenvalue weighted by atomic mass is 9.97. The van der Waals surface area contributed by atoms with Crippen molar-refractivity contribution in [3.63, 3.8) is 0 Å². The van der Waals surface area contributed by atoms with Crippen LogP contribution in [0.5, 0.6) is 5.75 Å². The first kappa shape index (κ1) is 12.4. The van der Waals surface area contributed by atoms with Gasteiger partial charge in [-0.25, -0.2) is 4.39 Å². The van der Waals surface area contributed by atoms with Gasteiger partial charge < -0.3 is 10.1 Å². The maximum Gasteiger partial charge on any atom is 0.123 e. The summed E-state index contributed by atoms with van der Waals surface area (Å²) in [6, 6.07) is 4.67. The molecule has 0 spiro atoms. The van der Waals surface area contributed by atoms with Crippen molar-refractivity contribution in [2.45, 2.75) is 26.2 Å². The number of aryl methyl sites for hydroxylation is 1. The SMILES string of the molecule is Cc1cc(F)ccc1OCCC1CCCNC1. The summed E-state index contributed by atoms with van der Waals surface area (Å²) >= 11 is 0. The summed E-state index contributed by atoms with van der Waals surface area (Å²) in [6.45, 7) is 4.85. The second-order valence-corrected chi connectivity index (χ2v) is 4.76. The predicted octanol–water partition coefficient (Wildman–Crippen LogP) is 2.90. The van der Waals surface area contributed by atoms with Gasteiger partial charge in [0.15, 0.2) is 0 Å². The number of hydrogen-bond donors (Lipinski definition) is 1. The standard InChI is InChI=1S/C14H20FNO/c1-11-9-13(15)4-5-14(11)17-8-6-12-3-2-7-16-10-12/h4-5,9,12,16H,2-3,6-8,10H2,1H3. The summed E-state index contributed by atoms with van der Waals surface area (Å²) in [5, 5.41) is 3.40. The van der Waals surface area contributed by atoms with Gasteiger partial charge in [-0.2, -0.15) is 0 Å². The molecule has 1 N–H and O–H groups in total. The first-order chi connectivity index (χ1) is 8.25. The minimum absolute atomic E-state index is 0.202. The summed E-state index contributed by atoms with van der Waals surface area (Å²) in [6.07, 6.45) is 3.63. The zero-order valence-corrected chi connectivity index (χ0v) is 10.3. The molecule has 17 heavy (non-hydrogen) atoms. The lowest BCUT2D eigenvalue weighted by Gasteiger charge is -2.22. The summed E-state index contributed by atoms with van der Waals surface area (Å²) in [5.74, 6) is 1.33. The fraction of sp³-hybridized carbons (Fsp3) is 0.571. The molecule has 1 aliphatic heterocycles. The van der Waals surface area contributed by atoms with Gasteiger partial charge >= 0.3 is 0 Å². The molecule has 0 radical (unpaired) electrons. The van der Waals surface area contributed by atoms with Crippen LogP contribution in [0, 0.1) is 18.7 Å². The van der Waals surface area contributed by atoms with E-state index in [1.807, 2.05) is 6.92 Å². The molecule has 1 aliphatic rings. The average molecular weight is 237 g/mol. The van der Waals surface area contributed by atoms with E-state index in [-0.39, 0.29) is 5.82 Å². The Morgan fingerprint density at radius 2 is 2.35 bits per heavy atom. The Morgan fingerprint density at radius 3 is 3.06 bits per heavy atom. The molecule has 94 valence electrons. The fourth-order valence-electron chi connectivity index (χ4n) is 2.28. The number of rotatable bonds is 4. The predicted molar refractivity (Wildman–Crippen MR) is 66.8 cm³/mol. The molecule has 1 unspecified atom stereocenters. The van der Waals surface area contributed by atoms with E-state index in [0.29, 0.717) is 0 Å². The van der Waals surface area contributed by atoms with Crippen LogP contribution in [0.1, 0.15) is 24.8 Å². The van der Waals surface area contributed by atoms with Crippen molar-refractivity contribution < 1.29 is 9.13 Å². The highest BCUT2D eigenvalue weighted by Crippen LogP contribution is 2.20. The van der Waals surface area contributed by atoms with Crippen LogP contribution in [0.15, 0.2) is 18.2 Å². The zero-order chi connectivity index (χ0) is 12.1. The van der Waals surface area contributed by atoms with E-state index < -0.39 is 0 Å². The van der Waals surface area contributed by atoms with Crippen molar-refractivity contribution in [1.82, 2.24) is 5.32 Å². The van der Waals surface area contributed by atoms with Crippen LogP contribution in [0.4, 0.5) is 4.39 Å². The molecule has 0 aliphatic carbocycles. The lowest BCUT2D eigenvalue weighted by Crippen LogP contribution is -2.30. The van der Waals surface area contributed by atoms with Crippen LogP contribution in [-0.2, 0) is 0 Å². The van der Waals surface area contributed by atoms with E-state index in [4.69, 9.17) is 4.74 Å². The van der Waals surface area contributed by atoms with Crippen LogP contribution in [0.25, 0.3) is 0 Å². The Hall–Kier alpha value is -1.09. The Morgan fingerprint density at radius 1 is 1.47 bits per heavy atom. The highest BCUT2D eigenvalue weighted by molar-refractivity contribution is 5.32. The summed E-state index contributed by atoms with van der Waals surface area (Å²) in [7, 11) is 0. The average Bonchev–Trinajstić information content (AvgIpc) is 2.33. The van der Waals surface area contributed by atoms with E-state index in [1.165, 1.54) is 25.0 Å². The number of benzene rings is 1. The van der Waals surface area contributed by atoms with Gasteiger partial charge in [-0.05, 0) is 69.0 Å². The molecule has 1 aromatic carbocycles. The quantitative estimate of drug-likeness (QED) is 0.869. The molecule has 1 atom stereocenters. The maximum absolute atomic E-state index is 12.9. The number of ether oxygens (including phenoxy) is 1. The zero-order valence-electron chi connectivity index (χ0n) is 10.3. The Bertz CT molecular complexity index is 361. The number of halogens is 1. The van der Waals surface area contributed by atoms with E-state index in [9.17, 15) is 4.39 Å². The van der Waals surface area contributed by atoms with E-state index in [2.05, 4.69) is 5.32 Å². The molecule has 0 bridgehead atoms. The van der Waals surface area contributed by atoms with Crippen molar-refractivity contribution in [2.24, 2.45) is 5.92 Å². The van der Waals surface area contributed by atoms with Gasteiger partial charge in [-0.3, -0.25) is 0 Å². The van der Waals surface area contributed by atoms with Gasteiger partial charge in [0.2, 0.25) is 0 Å². The van der Waals surface area contributed by atoms with Crippen LogP contribution in [0.3, 0.4) is 0 Å². The molecule has 2 nitrogen and oxygen atoms in total. The minimum atomic E-state index is -0.202. The summed E-state index contributed by atoms with van der Waals surface area (Å²) in [4.78, 5) is 0. The molecule has 1 aromatic rings. The van der Waals surface area contributed by atoms with E-state index in [0.717, 1.165) is 43.3 Å². The molecule has 0 amide bonds. The Labute approximate surface area is 102 Å². The van der Waals surface area contributed by atoms with Crippen molar-refractivity contribution in [2.75, 3.05) is 19.7 Å². The minimum Gasteiger partial charge on any atom is -0.493 e. The van der Waals surface area contributed by atoms with Gasteiger partial charge in [0.1, 0.15) is 11.6 Å². The molecule has 1 fully saturated rings. The van der Waals surface area contributed by atoms with Gasteiger partial charge in [0, 0.05) is 0 Å². The molecule has 1 heterocycles. The Balaban J connectivity index is 1.77. The first-order valence-corrected chi connectivity index (χ1v) is 6.35. The molecule has 0 saturated carbocycles. The normalized spacial score (nSPS) is 20.2. The maximum atomic E-state index is 12.9. The van der Waals surface area contributed by atoms with Crippen LogP contribution in [-0.4, -0.2) is 19.7 Å². The van der Waals surface area contributed by atoms with Crippen molar-refractivity contribution in [1.29, 1.82) is 0 Å². The van der Waals surface area contributed by atoms with Crippen molar-refractivity contribution >= 4 is 0 Å². The highest BCUT2D eigenvalue weighted by atomic mass is 19.1. The smallest absolute Gasteiger partial charge is 0.123 e.